The highest BCUT2D eigenvalue weighted by atomic mass is 16.5. The Morgan fingerprint density at radius 2 is 1.91 bits per heavy atom. The number of nitrogens with one attached hydrogen (secondary N) is 1. The van der Waals surface area contributed by atoms with Crippen LogP contribution in [0.4, 0.5) is 4.79 Å². The zero-order valence-electron chi connectivity index (χ0n) is 18.7. The van der Waals surface area contributed by atoms with Gasteiger partial charge >= 0.3 is 6.09 Å². The third-order valence-corrected chi connectivity index (χ3v) is 6.09. The quantitative estimate of drug-likeness (QED) is 0.775. The summed E-state index contributed by atoms with van der Waals surface area (Å²) >= 11 is 0. The molecule has 2 atom stereocenters. The van der Waals surface area contributed by atoms with Gasteiger partial charge in [-0.05, 0) is 43.0 Å². The first kappa shape index (κ1) is 22.6. The molecule has 33 heavy (non-hydrogen) atoms. The van der Waals surface area contributed by atoms with E-state index < -0.39 is 12.1 Å². The summed E-state index contributed by atoms with van der Waals surface area (Å²) in [4.78, 5) is 42.1. The van der Waals surface area contributed by atoms with Gasteiger partial charge in [0.25, 0.3) is 5.91 Å². The number of hydrogen-bond donors (Lipinski definition) is 1. The minimum absolute atomic E-state index is 0.0834. The fourth-order valence-electron chi connectivity index (χ4n) is 4.22. The topological polar surface area (TPSA) is 88.2 Å². The van der Waals surface area contributed by atoms with Crippen LogP contribution in [0.25, 0.3) is 0 Å². The van der Waals surface area contributed by atoms with Crippen LogP contribution in [0.15, 0.2) is 54.6 Å². The molecule has 3 amide bonds. The number of carbonyl (C=O) groups excluding carboxylic acids is 3. The Balaban J connectivity index is 1.49. The monoisotopic (exact) mass is 451 g/mol. The third-order valence-electron chi connectivity index (χ3n) is 6.09. The number of nitrogens with zero attached hydrogens (tertiary/aromatic N) is 2. The van der Waals surface area contributed by atoms with Gasteiger partial charge in [0.2, 0.25) is 5.91 Å². The fraction of sp³-hybridized carbons (Fsp3) is 0.400. The average molecular weight is 452 g/mol. The highest BCUT2D eigenvalue weighted by molar-refractivity contribution is 5.94. The van der Waals surface area contributed by atoms with Crippen molar-refractivity contribution in [1.82, 2.24) is 15.1 Å². The molecule has 0 aromatic heterocycles. The van der Waals surface area contributed by atoms with E-state index in [9.17, 15) is 14.4 Å². The van der Waals surface area contributed by atoms with Crippen LogP contribution in [-0.4, -0.2) is 66.5 Å². The summed E-state index contributed by atoms with van der Waals surface area (Å²) in [7, 11) is 1.68. The molecule has 0 unspecified atom stereocenters. The molecule has 0 spiro atoms. The number of carbonyl (C=O) groups is 3. The van der Waals surface area contributed by atoms with Crippen molar-refractivity contribution in [2.45, 2.75) is 38.0 Å². The van der Waals surface area contributed by atoms with Gasteiger partial charge in [0, 0.05) is 25.7 Å². The van der Waals surface area contributed by atoms with Crippen molar-refractivity contribution in [2.75, 3.05) is 26.7 Å². The van der Waals surface area contributed by atoms with Crippen LogP contribution in [0.5, 0.6) is 5.75 Å². The molecular formula is C25H29N3O5. The van der Waals surface area contributed by atoms with Gasteiger partial charge in [0.1, 0.15) is 25.0 Å². The van der Waals surface area contributed by atoms with Gasteiger partial charge in [-0.25, -0.2) is 4.79 Å². The van der Waals surface area contributed by atoms with E-state index in [0.717, 1.165) is 18.4 Å². The first-order chi connectivity index (χ1) is 16.0. The Labute approximate surface area is 193 Å². The number of hydrogen-bond acceptors (Lipinski definition) is 5. The second-order valence-electron chi connectivity index (χ2n) is 8.44. The molecule has 1 saturated heterocycles. The minimum atomic E-state index is -0.798. The summed E-state index contributed by atoms with van der Waals surface area (Å²) in [5, 5.41) is 2.73. The third kappa shape index (κ3) is 5.63. The van der Waals surface area contributed by atoms with Crippen LogP contribution in [0, 0.1) is 0 Å². The maximum absolute atomic E-state index is 13.4. The number of amides is 3. The number of benzene rings is 2. The SMILES string of the molecule is CN1CC[C@H](NC(=O)OCc2ccccc2)C(=O)N2CCC[C@H]2COc2cccc(c2)C1=O. The summed E-state index contributed by atoms with van der Waals surface area (Å²) in [5.41, 5.74) is 1.38. The van der Waals surface area contributed by atoms with Crippen LogP contribution >= 0.6 is 0 Å². The van der Waals surface area contributed by atoms with E-state index in [2.05, 4.69) is 5.32 Å². The van der Waals surface area contributed by atoms with Crippen molar-refractivity contribution >= 4 is 17.9 Å². The molecule has 2 aromatic carbocycles. The van der Waals surface area contributed by atoms with Gasteiger partial charge in [0.05, 0.1) is 6.04 Å². The van der Waals surface area contributed by atoms with Gasteiger partial charge in [0.15, 0.2) is 0 Å². The Bertz CT molecular complexity index is 997. The number of alkyl carbamates (subject to hydrolysis) is 1. The standard InChI is InChI=1S/C25H29N3O5/c1-27-14-12-22(26-25(31)33-16-18-7-3-2-4-8-18)24(30)28-13-6-10-20(28)17-32-21-11-5-9-19(15-21)23(27)29/h2-5,7-9,11,15,20,22H,6,10,12-14,16-17H2,1H3,(H,26,31)/t20-,22-/m0/s1. The number of ether oxygens (including phenoxy) is 2. The molecule has 2 aliphatic heterocycles. The lowest BCUT2D eigenvalue weighted by atomic mass is 10.1. The molecule has 1 N–H and O–H groups in total. The second kappa shape index (κ2) is 10.4. The molecule has 0 saturated carbocycles. The van der Waals surface area contributed by atoms with Crippen LogP contribution < -0.4 is 10.1 Å². The number of fused-ring (bicyclic) bond motifs is 3. The molecule has 0 radical (unpaired) electrons. The van der Waals surface area contributed by atoms with E-state index in [-0.39, 0.29) is 30.9 Å². The van der Waals surface area contributed by atoms with Crippen molar-refractivity contribution in [3.8, 4) is 5.75 Å². The molecule has 2 aromatic rings. The van der Waals surface area contributed by atoms with Gasteiger partial charge in [-0.3, -0.25) is 9.59 Å². The molecular weight excluding hydrogens is 422 g/mol. The van der Waals surface area contributed by atoms with Crippen molar-refractivity contribution in [2.24, 2.45) is 0 Å². The minimum Gasteiger partial charge on any atom is -0.491 e. The van der Waals surface area contributed by atoms with Crippen molar-refractivity contribution in [3.05, 3.63) is 65.7 Å². The van der Waals surface area contributed by atoms with Gasteiger partial charge in [-0.2, -0.15) is 0 Å². The number of rotatable bonds is 3. The second-order valence-corrected chi connectivity index (χ2v) is 8.44. The van der Waals surface area contributed by atoms with Crippen molar-refractivity contribution in [1.29, 1.82) is 0 Å². The smallest absolute Gasteiger partial charge is 0.408 e. The Morgan fingerprint density at radius 1 is 1.09 bits per heavy atom. The van der Waals surface area contributed by atoms with Crippen LogP contribution in [0.1, 0.15) is 35.2 Å². The van der Waals surface area contributed by atoms with Crippen molar-refractivity contribution in [3.63, 3.8) is 0 Å². The summed E-state index contributed by atoms with van der Waals surface area (Å²) in [6.45, 7) is 1.36. The van der Waals surface area contributed by atoms with E-state index in [0.29, 0.717) is 31.0 Å². The highest BCUT2D eigenvalue weighted by Gasteiger charge is 2.35. The predicted molar refractivity (Wildman–Crippen MR) is 122 cm³/mol. The Morgan fingerprint density at radius 3 is 2.73 bits per heavy atom. The molecule has 2 heterocycles. The maximum Gasteiger partial charge on any atom is 0.408 e. The first-order valence-electron chi connectivity index (χ1n) is 11.3. The molecule has 1 fully saturated rings. The van der Waals surface area contributed by atoms with Crippen LogP contribution in [0.2, 0.25) is 0 Å². The van der Waals surface area contributed by atoms with E-state index in [1.54, 1.807) is 35.0 Å². The highest BCUT2D eigenvalue weighted by Crippen LogP contribution is 2.22. The summed E-state index contributed by atoms with van der Waals surface area (Å²) in [6.07, 6.45) is 1.33. The molecule has 2 aliphatic rings. The Hall–Kier alpha value is -3.55. The summed E-state index contributed by atoms with van der Waals surface area (Å²) in [5.74, 6) is 0.259. The summed E-state index contributed by atoms with van der Waals surface area (Å²) in [6, 6.07) is 15.5. The van der Waals surface area contributed by atoms with E-state index in [1.807, 2.05) is 36.4 Å². The van der Waals surface area contributed by atoms with E-state index >= 15 is 0 Å². The largest absolute Gasteiger partial charge is 0.491 e. The van der Waals surface area contributed by atoms with E-state index in [4.69, 9.17) is 9.47 Å². The average Bonchev–Trinajstić information content (AvgIpc) is 3.32. The van der Waals surface area contributed by atoms with Gasteiger partial charge in [-0.1, -0.05) is 36.4 Å². The molecule has 4 rings (SSSR count). The normalized spacial score (nSPS) is 21.2. The molecule has 174 valence electrons. The lowest BCUT2D eigenvalue weighted by Crippen LogP contribution is -2.52. The molecule has 8 nitrogen and oxygen atoms in total. The summed E-state index contributed by atoms with van der Waals surface area (Å²) < 4.78 is 11.3. The maximum atomic E-state index is 13.4. The molecule has 2 bridgehead atoms. The molecule has 0 aliphatic carbocycles. The zero-order valence-corrected chi connectivity index (χ0v) is 18.7. The Kier molecular flexibility index (Phi) is 7.12. The lowest BCUT2D eigenvalue weighted by molar-refractivity contribution is -0.135. The zero-order chi connectivity index (χ0) is 23.2. The van der Waals surface area contributed by atoms with Crippen molar-refractivity contribution < 1.29 is 23.9 Å². The van der Waals surface area contributed by atoms with Crippen LogP contribution in [0.3, 0.4) is 0 Å². The molecule has 8 heteroatoms. The predicted octanol–water partition coefficient (Wildman–Crippen LogP) is 2.83. The van der Waals surface area contributed by atoms with E-state index in [1.165, 1.54) is 0 Å². The van der Waals surface area contributed by atoms with Gasteiger partial charge in [-0.15, -0.1) is 0 Å². The van der Waals surface area contributed by atoms with Crippen LogP contribution in [-0.2, 0) is 16.1 Å². The first-order valence-corrected chi connectivity index (χ1v) is 11.3. The van der Waals surface area contributed by atoms with Gasteiger partial charge < -0.3 is 24.6 Å². The fourth-order valence-corrected chi connectivity index (χ4v) is 4.22. The lowest BCUT2D eigenvalue weighted by Gasteiger charge is -2.29.